The van der Waals surface area contributed by atoms with Crippen LogP contribution in [0.4, 0.5) is 0 Å². The number of fused-ring (bicyclic) bond motifs is 1. The standard InChI is InChI=1S/C22H26N4O2/c1-13-19(20(24-23-13)15-8-9-15)22(28)25-10-17-11-26(14(2)27)21(18(17)12-25)16-6-4-3-5-7-16/h3-7,15,17-18,21H,8-12H2,1-2H3,(H,23,24)/t17-,18-,21+/m1/s1. The van der Waals surface area contributed by atoms with Crippen molar-refractivity contribution in [1.82, 2.24) is 20.0 Å². The topological polar surface area (TPSA) is 69.3 Å². The van der Waals surface area contributed by atoms with E-state index < -0.39 is 0 Å². The molecular formula is C22H26N4O2. The summed E-state index contributed by atoms with van der Waals surface area (Å²) < 4.78 is 0. The zero-order chi connectivity index (χ0) is 19.4. The molecule has 2 aromatic rings. The van der Waals surface area contributed by atoms with E-state index in [0.717, 1.165) is 41.9 Å². The number of carbonyl (C=O) groups excluding carboxylic acids is 2. The first-order valence-electron chi connectivity index (χ1n) is 10.2. The maximum atomic E-state index is 13.4. The molecule has 146 valence electrons. The molecule has 1 aromatic heterocycles. The number of likely N-dealkylation sites (tertiary alicyclic amines) is 2. The maximum Gasteiger partial charge on any atom is 0.257 e. The molecule has 1 aromatic carbocycles. The Morgan fingerprint density at radius 1 is 1.11 bits per heavy atom. The number of nitrogens with zero attached hydrogens (tertiary/aromatic N) is 3. The molecule has 2 amide bonds. The molecule has 1 N–H and O–H groups in total. The van der Waals surface area contributed by atoms with Crippen molar-refractivity contribution in [3.63, 3.8) is 0 Å². The molecule has 0 bridgehead atoms. The molecule has 2 saturated heterocycles. The third-order valence-corrected chi connectivity index (χ3v) is 6.65. The smallest absolute Gasteiger partial charge is 0.257 e. The lowest BCUT2D eigenvalue weighted by atomic mass is 9.89. The average Bonchev–Trinajstić information content (AvgIpc) is 3.17. The van der Waals surface area contributed by atoms with Gasteiger partial charge in [-0.2, -0.15) is 5.10 Å². The van der Waals surface area contributed by atoms with Gasteiger partial charge in [-0.1, -0.05) is 30.3 Å². The Morgan fingerprint density at radius 3 is 2.54 bits per heavy atom. The summed E-state index contributed by atoms with van der Waals surface area (Å²) in [6.07, 6.45) is 2.25. The quantitative estimate of drug-likeness (QED) is 0.893. The van der Waals surface area contributed by atoms with Crippen LogP contribution in [0.5, 0.6) is 0 Å². The first-order valence-corrected chi connectivity index (χ1v) is 10.2. The van der Waals surface area contributed by atoms with Crippen LogP contribution in [0.15, 0.2) is 30.3 Å². The highest BCUT2D eigenvalue weighted by atomic mass is 16.2. The minimum absolute atomic E-state index is 0.0508. The summed E-state index contributed by atoms with van der Waals surface area (Å²) in [5, 5.41) is 7.43. The fourth-order valence-corrected chi connectivity index (χ4v) is 5.14. The fraction of sp³-hybridized carbons (Fsp3) is 0.500. The Bertz CT molecular complexity index is 918. The maximum absolute atomic E-state index is 13.4. The van der Waals surface area contributed by atoms with Crippen molar-refractivity contribution >= 4 is 11.8 Å². The van der Waals surface area contributed by atoms with Gasteiger partial charge in [0.2, 0.25) is 5.91 Å². The summed E-state index contributed by atoms with van der Waals surface area (Å²) in [6.45, 7) is 5.72. The normalized spacial score (nSPS) is 26.6. The van der Waals surface area contributed by atoms with Crippen LogP contribution in [-0.2, 0) is 4.79 Å². The molecule has 1 aliphatic carbocycles. The van der Waals surface area contributed by atoms with E-state index in [-0.39, 0.29) is 23.8 Å². The number of hydrogen-bond acceptors (Lipinski definition) is 3. The molecule has 6 heteroatoms. The summed E-state index contributed by atoms with van der Waals surface area (Å²) in [6, 6.07) is 10.3. The highest BCUT2D eigenvalue weighted by Crippen LogP contribution is 2.46. The van der Waals surface area contributed by atoms with Crippen molar-refractivity contribution in [2.75, 3.05) is 19.6 Å². The van der Waals surface area contributed by atoms with Gasteiger partial charge < -0.3 is 9.80 Å². The summed E-state index contributed by atoms with van der Waals surface area (Å²) in [4.78, 5) is 29.6. The molecule has 3 atom stereocenters. The van der Waals surface area contributed by atoms with Gasteiger partial charge in [0, 0.05) is 50.0 Å². The molecule has 28 heavy (non-hydrogen) atoms. The van der Waals surface area contributed by atoms with Gasteiger partial charge in [-0.25, -0.2) is 0 Å². The van der Waals surface area contributed by atoms with Crippen LogP contribution in [0.2, 0.25) is 0 Å². The SMILES string of the molecule is CC(=O)N1C[C@H]2CN(C(=O)c3c(C4CC4)n[nH]c3C)C[C@H]2[C@@H]1c1ccccc1. The molecule has 0 radical (unpaired) electrons. The first-order chi connectivity index (χ1) is 13.5. The summed E-state index contributed by atoms with van der Waals surface area (Å²) in [5.74, 6) is 1.27. The molecular weight excluding hydrogens is 352 g/mol. The molecule has 6 nitrogen and oxygen atoms in total. The van der Waals surface area contributed by atoms with Crippen molar-refractivity contribution in [1.29, 1.82) is 0 Å². The number of rotatable bonds is 3. The van der Waals surface area contributed by atoms with Gasteiger partial charge in [0.25, 0.3) is 5.91 Å². The van der Waals surface area contributed by atoms with Crippen molar-refractivity contribution < 1.29 is 9.59 Å². The third kappa shape index (κ3) is 2.74. The van der Waals surface area contributed by atoms with Crippen molar-refractivity contribution in [3.8, 4) is 0 Å². The van der Waals surface area contributed by atoms with Crippen molar-refractivity contribution in [2.45, 2.75) is 38.6 Å². The predicted octanol–water partition coefficient (Wildman–Crippen LogP) is 2.89. The molecule has 2 aliphatic heterocycles. The molecule has 3 aliphatic rings. The number of hydrogen-bond donors (Lipinski definition) is 1. The van der Waals surface area contributed by atoms with E-state index >= 15 is 0 Å². The number of aryl methyl sites for hydroxylation is 1. The average molecular weight is 378 g/mol. The Balaban J connectivity index is 1.42. The van der Waals surface area contributed by atoms with Gasteiger partial charge in [-0.05, 0) is 25.3 Å². The number of carbonyl (C=O) groups is 2. The minimum atomic E-state index is 0.0508. The molecule has 3 fully saturated rings. The van der Waals surface area contributed by atoms with Gasteiger partial charge in [-0.15, -0.1) is 0 Å². The van der Waals surface area contributed by atoms with Crippen LogP contribution >= 0.6 is 0 Å². The second-order valence-corrected chi connectivity index (χ2v) is 8.54. The highest BCUT2D eigenvalue weighted by molar-refractivity contribution is 5.97. The lowest BCUT2D eigenvalue weighted by Gasteiger charge is -2.29. The third-order valence-electron chi connectivity index (χ3n) is 6.65. The monoisotopic (exact) mass is 378 g/mol. The van der Waals surface area contributed by atoms with Crippen LogP contribution in [0.1, 0.15) is 59.0 Å². The second-order valence-electron chi connectivity index (χ2n) is 8.54. The highest BCUT2D eigenvalue weighted by Gasteiger charge is 2.50. The Kier molecular flexibility index (Phi) is 4.03. The van der Waals surface area contributed by atoms with E-state index in [0.29, 0.717) is 24.9 Å². The Hall–Kier alpha value is -2.63. The number of nitrogens with one attached hydrogen (secondary N) is 1. The fourth-order valence-electron chi connectivity index (χ4n) is 5.14. The zero-order valence-corrected chi connectivity index (χ0v) is 16.4. The van der Waals surface area contributed by atoms with E-state index in [2.05, 4.69) is 22.3 Å². The molecule has 0 unspecified atom stereocenters. The first kappa shape index (κ1) is 17.5. The predicted molar refractivity (Wildman–Crippen MR) is 105 cm³/mol. The van der Waals surface area contributed by atoms with E-state index in [1.807, 2.05) is 34.9 Å². The number of amides is 2. The summed E-state index contributed by atoms with van der Waals surface area (Å²) in [5.41, 5.74) is 3.76. The van der Waals surface area contributed by atoms with Crippen molar-refractivity contribution in [3.05, 3.63) is 52.8 Å². The number of benzene rings is 1. The van der Waals surface area contributed by atoms with Gasteiger partial charge >= 0.3 is 0 Å². The molecule has 3 heterocycles. The largest absolute Gasteiger partial charge is 0.338 e. The lowest BCUT2D eigenvalue weighted by molar-refractivity contribution is -0.130. The second kappa shape index (κ2) is 6.47. The number of aromatic nitrogens is 2. The van der Waals surface area contributed by atoms with Crippen molar-refractivity contribution in [2.24, 2.45) is 11.8 Å². The number of aromatic amines is 1. The van der Waals surface area contributed by atoms with Crippen LogP contribution in [0, 0.1) is 18.8 Å². The molecule has 1 saturated carbocycles. The minimum Gasteiger partial charge on any atom is -0.338 e. The van der Waals surface area contributed by atoms with Gasteiger partial charge in [0.15, 0.2) is 0 Å². The van der Waals surface area contributed by atoms with Gasteiger partial charge in [0.05, 0.1) is 17.3 Å². The van der Waals surface area contributed by atoms with E-state index in [4.69, 9.17) is 0 Å². The van der Waals surface area contributed by atoms with Crippen LogP contribution in [0.25, 0.3) is 0 Å². The molecule has 0 spiro atoms. The van der Waals surface area contributed by atoms with Crippen LogP contribution < -0.4 is 0 Å². The number of H-pyrrole nitrogens is 1. The molecule has 5 rings (SSSR count). The van der Waals surface area contributed by atoms with Gasteiger partial charge in [-0.3, -0.25) is 14.7 Å². The Morgan fingerprint density at radius 2 is 1.86 bits per heavy atom. The lowest BCUT2D eigenvalue weighted by Crippen LogP contribution is -2.36. The summed E-state index contributed by atoms with van der Waals surface area (Å²) in [7, 11) is 0. The van der Waals surface area contributed by atoms with E-state index in [1.165, 1.54) is 0 Å². The van der Waals surface area contributed by atoms with E-state index in [9.17, 15) is 9.59 Å². The van der Waals surface area contributed by atoms with Gasteiger partial charge in [0.1, 0.15) is 0 Å². The Labute approximate surface area is 164 Å². The van der Waals surface area contributed by atoms with Crippen LogP contribution in [0.3, 0.4) is 0 Å². The zero-order valence-electron chi connectivity index (χ0n) is 16.4. The van der Waals surface area contributed by atoms with Crippen LogP contribution in [-0.4, -0.2) is 51.4 Å². The summed E-state index contributed by atoms with van der Waals surface area (Å²) >= 11 is 0. The van der Waals surface area contributed by atoms with E-state index in [1.54, 1.807) is 6.92 Å².